The average molecular weight is 240 g/mol. The fourth-order valence-corrected chi connectivity index (χ4v) is 2.46. The van der Waals surface area contributed by atoms with Crippen molar-refractivity contribution in [3.8, 4) is 0 Å². The summed E-state index contributed by atoms with van der Waals surface area (Å²) in [4.78, 5) is 16.6. The van der Waals surface area contributed by atoms with Crippen LogP contribution < -0.4 is 5.32 Å². The topological polar surface area (TPSA) is 42.0 Å². The van der Waals surface area contributed by atoms with E-state index in [4.69, 9.17) is 0 Å². The van der Waals surface area contributed by atoms with E-state index in [0.717, 1.165) is 36.1 Å². The molecule has 1 N–H and O–H groups in total. The highest BCUT2D eigenvalue weighted by molar-refractivity contribution is 5.84. The third-order valence-electron chi connectivity index (χ3n) is 3.53. The molecule has 18 heavy (non-hydrogen) atoms. The number of hydrogen-bond donors (Lipinski definition) is 1. The Morgan fingerprint density at radius 3 is 3.00 bits per heavy atom. The summed E-state index contributed by atoms with van der Waals surface area (Å²) in [5, 5.41) is 4.35. The molecule has 0 aliphatic carbocycles. The third-order valence-corrected chi connectivity index (χ3v) is 3.53. The van der Waals surface area contributed by atoms with Crippen LogP contribution in [0, 0.1) is 5.92 Å². The van der Waals surface area contributed by atoms with E-state index in [0.29, 0.717) is 12.2 Å². The van der Waals surface area contributed by atoms with Gasteiger partial charge in [-0.05, 0) is 25.1 Å². The molecule has 1 atom stereocenters. The van der Waals surface area contributed by atoms with Crippen LogP contribution in [-0.4, -0.2) is 23.9 Å². The first-order valence-corrected chi connectivity index (χ1v) is 6.41. The SMILES string of the molecule is O=C(Cc1ccc2ccccc2n1)C1CCNC1. The van der Waals surface area contributed by atoms with Gasteiger partial charge in [0.25, 0.3) is 0 Å². The number of fused-ring (bicyclic) bond motifs is 1. The monoisotopic (exact) mass is 240 g/mol. The van der Waals surface area contributed by atoms with E-state index in [1.165, 1.54) is 0 Å². The zero-order valence-corrected chi connectivity index (χ0v) is 10.2. The summed E-state index contributed by atoms with van der Waals surface area (Å²) >= 11 is 0. The molecule has 1 aromatic carbocycles. The van der Waals surface area contributed by atoms with Crippen LogP contribution in [0.4, 0.5) is 0 Å². The maximum absolute atomic E-state index is 12.1. The first-order chi connectivity index (χ1) is 8.83. The highest BCUT2D eigenvalue weighted by Crippen LogP contribution is 2.15. The average Bonchev–Trinajstić information content (AvgIpc) is 2.92. The second-order valence-electron chi connectivity index (χ2n) is 4.83. The van der Waals surface area contributed by atoms with Crippen molar-refractivity contribution in [2.24, 2.45) is 5.92 Å². The first kappa shape index (κ1) is 11.4. The first-order valence-electron chi connectivity index (χ1n) is 6.41. The van der Waals surface area contributed by atoms with Crippen LogP contribution in [0.5, 0.6) is 0 Å². The number of rotatable bonds is 3. The Morgan fingerprint density at radius 1 is 1.28 bits per heavy atom. The third kappa shape index (κ3) is 2.27. The Kier molecular flexibility index (Phi) is 3.07. The molecule has 1 saturated heterocycles. The van der Waals surface area contributed by atoms with Gasteiger partial charge in [0.2, 0.25) is 0 Å². The van der Waals surface area contributed by atoms with Gasteiger partial charge in [-0.25, -0.2) is 0 Å². The van der Waals surface area contributed by atoms with Crippen molar-refractivity contribution in [1.82, 2.24) is 10.3 Å². The lowest BCUT2D eigenvalue weighted by Gasteiger charge is -2.07. The van der Waals surface area contributed by atoms with Crippen LogP contribution in [0.25, 0.3) is 10.9 Å². The van der Waals surface area contributed by atoms with E-state index >= 15 is 0 Å². The smallest absolute Gasteiger partial charge is 0.143 e. The standard InChI is InChI=1S/C15H16N2O/c18-15(12-7-8-16-10-12)9-13-6-5-11-3-1-2-4-14(11)17-13/h1-6,12,16H,7-10H2. The molecule has 3 rings (SSSR count). The molecule has 3 heteroatoms. The Labute approximate surface area is 106 Å². The van der Waals surface area contributed by atoms with Crippen molar-refractivity contribution in [2.45, 2.75) is 12.8 Å². The molecule has 2 heterocycles. The summed E-state index contributed by atoms with van der Waals surface area (Å²) in [7, 11) is 0. The van der Waals surface area contributed by atoms with Crippen LogP contribution in [0.15, 0.2) is 36.4 Å². The van der Waals surface area contributed by atoms with Crippen molar-refractivity contribution in [3.63, 3.8) is 0 Å². The predicted octanol–water partition coefficient (Wildman–Crippen LogP) is 1.96. The number of para-hydroxylation sites is 1. The summed E-state index contributed by atoms with van der Waals surface area (Å²) < 4.78 is 0. The lowest BCUT2D eigenvalue weighted by molar-refractivity contribution is -0.121. The maximum Gasteiger partial charge on any atom is 0.143 e. The minimum Gasteiger partial charge on any atom is -0.316 e. The Bertz CT molecular complexity index is 573. The van der Waals surface area contributed by atoms with E-state index < -0.39 is 0 Å². The molecular weight excluding hydrogens is 224 g/mol. The van der Waals surface area contributed by atoms with Gasteiger partial charge in [-0.2, -0.15) is 0 Å². The fourth-order valence-electron chi connectivity index (χ4n) is 2.46. The van der Waals surface area contributed by atoms with Gasteiger partial charge in [0.1, 0.15) is 5.78 Å². The molecule has 92 valence electrons. The van der Waals surface area contributed by atoms with Gasteiger partial charge in [0.05, 0.1) is 5.52 Å². The summed E-state index contributed by atoms with van der Waals surface area (Å²) in [6.45, 7) is 1.79. The van der Waals surface area contributed by atoms with Crippen LogP contribution in [0.1, 0.15) is 12.1 Å². The Balaban J connectivity index is 1.79. The number of carbonyl (C=O) groups is 1. The minimum atomic E-state index is 0.179. The minimum absolute atomic E-state index is 0.179. The van der Waals surface area contributed by atoms with Crippen molar-refractivity contribution < 1.29 is 4.79 Å². The zero-order valence-electron chi connectivity index (χ0n) is 10.2. The Hall–Kier alpha value is -1.74. The number of Topliss-reactive ketones (excluding diaryl/α,β-unsaturated/α-hetero) is 1. The van der Waals surface area contributed by atoms with Crippen molar-refractivity contribution in [1.29, 1.82) is 0 Å². The van der Waals surface area contributed by atoms with E-state index in [9.17, 15) is 4.79 Å². The maximum atomic E-state index is 12.1. The molecule has 3 nitrogen and oxygen atoms in total. The van der Waals surface area contributed by atoms with Crippen LogP contribution in [-0.2, 0) is 11.2 Å². The lowest BCUT2D eigenvalue weighted by Crippen LogP contribution is -2.19. The number of aromatic nitrogens is 1. The molecule has 1 fully saturated rings. The van der Waals surface area contributed by atoms with Crippen molar-refractivity contribution in [2.75, 3.05) is 13.1 Å². The van der Waals surface area contributed by atoms with Crippen LogP contribution in [0.3, 0.4) is 0 Å². The molecule has 1 aliphatic rings. The molecule has 1 unspecified atom stereocenters. The van der Waals surface area contributed by atoms with E-state index in [-0.39, 0.29) is 5.92 Å². The number of nitrogens with zero attached hydrogens (tertiary/aromatic N) is 1. The molecule has 2 aromatic rings. The number of nitrogens with one attached hydrogen (secondary N) is 1. The Morgan fingerprint density at radius 2 is 2.17 bits per heavy atom. The van der Waals surface area contributed by atoms with E-state index in [2.05, 4.69) is 10.3 Å². The van der Waals surface area contributed by atoms with Crippen LogP contribution in [0.2, 0.25) is 0 Å². The summed E-state index contributed by atoms with van der Waals surface area (Å²) in [6.07, 6.45) is 1.42. The predicted molar refractivity (Wildman–Crippen MR) is 71.4 cm³/mol. The molecular formula is C15H16N2O. The molecule has 0 spiro atoms. The van der Waals surface area contributed by atoms with Gasteiger partial charge in [0, 0.05) is 30.0 Å². The molecule has 0 saturated carbocycles. The number of carbonyl (C=O) groups excluding carboxylic acids is 1. The highest BCUT2D eigenvalue weighted by atomic mass is 16.1. The van der Waals surface area contributed by atoms with E-state index in [1.807, 2.05) is 36.4 Å². The number of hydrogen-bond acceptors (Lipinski definition) is 3. The van der Waals surface area contributed by atoms with Gasteiger partial charge in [-0.3, -0.25) is 9.78 Å². The second kappa shape index (κ2) is 4.86. The zero-order chi connectivity index (χ0) is 12.4. The van der Waals surface area contributed by atoms with Gasteiger partial charge >= 0.3 is 0 Å². The number of pyridine rings is 1. The second-order valence-corrected chi connectivity index (χ2v) is 4.83. The summed E-state index contributed by atoms with van der Waals surface area (Å²) in [5.74, 6) is 0.487. The molecule has 1 aliphatic heterocycles. The highest BCUT2D eigenvalue weighted by Gasteiger charge is 2.22. The van der Waals surface area contributed by atoms with Crippen molar-refractivity contribution >= 4 is 16.7 Å². The normalized spacial score (nSPS) is 19.2. The van der Waals surface area contributed by atoms with Gasteiger partial charge < -0.3 is 5.32 Å². The van der Waals surface area contributed by atoms with Gasteiger partial charge in [-0.1, -0.05) is 24.3 Å². The number of ketones is 1. The quantitative estimate of drug-likeness (QED) is 0.891. The summed E-state index contributed by atoms with van der Waals surface area (Å²) in [5.41, 5.74) is 1.85. The van der Waals surface area contributed by atoms with Crippen molar-refractivity contribution in [3.05, 3.63) is 42.1 Å². The van der Waals surface area contributed by atoms with Crippen LogP contribution >= 0.6 is 0 Å². The van der Waals surface area contributed by atoms with Gasteiger partial charge in [0.15, 0.2) is 0 Å². The molecule has 0 amide bonds. The van der Waals surface area contributed by atoms with E-state index in [1.54, 1.807) is 0 Å². The largest absolute Gasteiger partial charge is 0.316 e. The summed E-state index contributed by atoms with van der Waals surface area (Å²) in [6, 6.07) is 12.0. The molecule has 0 radical (unpaired) electrons. The molecule has 1 aromatic heterocycles. The molecule has 0 bridgehead atoms. The number of benzene rings is 1. The lowest BCUT2D eigenvalue weighted by atomic mass is 9.99. The van der Waals surface area contributed by atoms with Gasteiger partial charge in [-0.15, -0.1) is 0 Å². The fraction of sp³-hybridized carbons (Fsp3) is 0.333.